The number of halogens is 2. The minimum atomic E-state index is -0.0805. The number of aromatic nitrogens is 2. The largest absolute Gasteiger partial charge is 0.369 e. The number of hydrogen-bond acceptors (Lipinski definition) is 3. The highest BCUT2D eigenvalue weighted by Crippen LogP contribution is 2.37. The van der Waals surface area contributed by atoms with Gasteiger partial charge in [-0.15, -0.1) is 5.10 Å². The molecule has 0 bridgehead atoms. The predicted octanol–water partition coefficient (Wildman–Crippen LogP) is 2.73. The van der Waals surface area contributed by atoms with Crippen LogP contribution in [0.3, 0.4) is 0 Å². The molecule has 0 fully saturated rings. The second kappa shape index (κ2) is 6.22. The van der Waals surface area contributed by atoms with Crippen molar-refractivity contribution in [2.24, 2.45) is 21.7 Å². The number of H-pyrrole nitrogens is 1. The van der Waals surface area contributed by atoms with Crippen molar-refractivity contribution in [1.29, 1.82) is 0 Å². The summed E-state index contributed by atoms with van der Waals surface area (Å²) in [6, 6.07) is 5.46. The summed E-state index contributed by atoms with van der Waals surface area (Å²) in [5.41, 5.74) is 15.4. The summed E-state index contributed by atoms with van der Waals surface area (Å²) in [5, 5.41) is 16.7. The third-order valence-electron chi connectivity index (χ3n) is 3.87. The first kappa shape index (κ1) is 15.8. The fourth-order valence-corrected chi connectivity index (χ4v) is 3.36. The average molecular weight is 351 g/mol. The molecule has 1 unspecified atom stereocenters. The molecule has 120 valence electrons. The van der Waals surface area contributed by atoms with Crippen molar-refractivity contribution in [2.45, 2.75) is 25.7 Å². The van der Waals surface area contributed by atoms with Gasteiger partial charge in [-0.05, 0) is 49.4 Å². The first-order valence-corrected chi connectivity index (χ1v) is 7.86. The van der Waals surface area contributed by atoms with Crippen molar-refractivity contribution in [3.05, 3.63) is 50.8 Å². The molecule has 1 aromatic heterocycles. The molecule has 0 aliphatic heterocycles. The molecule has 1 atom stereocenters. The van der Waals surface area contributed by atoms with E-state index in [1.54, 1.807) is 12.1 Å². The lowest BCUT2D eigenvalue weighted by Crippen LogP contribution is -2.23. The van der Waals surface area contributed by atoms with Crippen LogP contribution in [0.2, 0.25) is 10.0 Å². The molecule has 2 aromatic rings. The number of benzene rings is 1. The Morgan fingerprint density at radius 3 is 2.83 bits per heavy atom. The molecular formula is C15H16Cl2N6. The average Bonchev–Trinajstić information content (AvgIpc) is 2.88. The Morgan fingerprint density at radius 2 is 2.09 bits per heavy atom. The summed E-state index contributed by atoms with van der Waals surface area (Å²) < 4.78 is 0. The van der Waals surface area contributed by atoms with Crippen molar-refractivity contribution in [3.63, 3.8) is 0 Å². The second-order valence-electron chi connectivity index (χ2n) is 5.51. The van der Waals surface area contributed by atoms with E-state index in [9.17, 15) is 0 Å². The standard InChI is InChI=1S/C15H16Cl2N6/c1-7-14-12(21-20-7)4-8(5-13(14)22-23-15(18)19)10-6-9(16)2-3-11(10)17/h2-3,6,8H,4-5H2,1H3,(H,20,21)(H4,18,19,23)/b22-13-. The number of nitrogens with two attached hydrogens (primary N) is 2. The van der Waals surface area contributed by atoms with Crippen molar-refractivity contribution in [1.82, 2.24) is 10.2 Å². The molecule has 0 radical (unpaired) electrons. The molecule has 1 aromatic carbocycles. The van der Waals surface area contributed by atoms with Crippen molar-refractivity contribution in [2.75, 3.05) is 0 Å². The summed E-state index contributed by atoms with van der Waals surface area (Å²) in [6.45, 7) is 1.95. The van der Waals surface area contributed by atoms with Gasteiger partial charge in [0.2, 0.25) is 5.96 Å². The lowest BCUT2D eigenvalue weighted by Gasteiger charge is -2.24. The number of guanidine groups is 1. The number of hydrogen-bond donors (Lipinski definition) is 3. The molecule has 5 N–H and O–H groups in total. The minimum absolute atomic E-state index is 0.0805. The van der Waals surface area contributed by atoms with E-state index in [1.807, 2.05) is 13.0 Å². The van der Waals surface area contributed by atoms with Crippen LogP contribution in [0.4, 0.5) is 0 Å². The van der Waals surface area contributed by atoms with E-state index in [0.29, 0.717) is 16.5 Å². The summed E-state index contributed by atoms with van der Waals surface area (Å²) in [4.78, 5) is 0. The Labute approximate surface area is 143 Å². The lowest BCUT2D eigenvalue weighted by molar-refractivity contribution is 0.679. The summed E-state index contributed by atoms with van der Waals surface area (Å²) >= 11 is 12.5. The van der Waals surface area contributed by atoms with Gasteiger partial charge >= 0.3 is 0 Å². The monoisotopic (exact) mass is 350 g/mol. The van der Waals surface area contributed by atoms with Crippen LogP contribution in [-0.2, 0) is 6.42 Å². The van der Waals surface area contributed by atoms with Crippen LogP contribution < -0.4 is 11.5 Å². The Hall–Kier alpha value is -2.05. The summed E-state index contributed by atoms with van der Waals surface area (Å²) in [7, 11) is 0. The zero-order chi connectivity index (χ0) is 16.6. The third kappa shape index (κ3) is 3.18. The molecule has 23 heavy (non-hydrogen) atoms. The van der Waals surface area contributed by atoms with Crippen LogP contribution in [-0.4, -0.2) is 21.9 Å². The van der Waals surface area contributed by atoms with E-state index in [-0.39, 0.29) is 11.9 Å². The van der Waals surface area contributed by atoms with Crippen LogP contribution >= 0.6 is 23.2 Å². The van der Waals surface area contributed by atoms with Crippen molar-refractivity contribution >= 4 is 34.9 Å². The Morgan fingerprint density at radius 1 is 1.30 bits per heavy atom. The van der Waals surface area contributed by atoms with E-state index in [0.717, 1.165) is 34.6 Å². The normalized spacial score (nSPS) is 18.7. The molecular weight excluding hydrogens is 335 g/mol. The quantitative estimate of drug-likeness (QED) is 0.440. The molecule has 1 aliphatic carbocycles. The summed E-state index contributed by atoms with van der Waals surface area (Å²) in [6.07, 6.45) is 1.41. The van der Waals surface area contributed by atoms with Crippen LogP contribution in [0, 0.1) is 6.92 Å². The maximum absolute atomic E-state index is 6.34. The van der Waals surface area contributed by atoms with E-state index in [1.165, 1.54) is 0 Å². The van der Waals surface area contributed by atoms with Gasteiger partial charge in [-0.25, -0.2) is 0 Å². The highest BCUT2D eigenvalue weighted by Gasteiger charge is 2.30. The lowest BCUT2D eigenvalue weighted by atomic mass is 9.81. The highest BCUT2D eigenvalue weighted by molar-refractivity contribution is 6.33. The second-order valence-corrected chi connectivity index (χ2v) is 6.36. The molecule has 6 nitrogen and oxygen atoms in total. The predicted molar refractivity (Wildman–Crippen MR) is 93.2 cm³/mol. The van der Waals surface area contributed by atoms with Gasteiger partial charge in [-0.3, -0.25) is 5.10 Å². The van der Waals surface area contributed by atoms with Crippen LogP contribution in [0.15, 0.2) is 28.4 Å². The van der Waals surface area contributed by atoms with Crippen molar-refractivity contribution in [3.8, 4) is 0 Å². The smallest absolute Gasteiger partial charge is 0.211 e. The Bertz CT molecular complexity index is 804. The fourth-order valence-electron chi connectivity index (χ4n) is 2.91. The molecule has 0 saturated heterocycles. The number of rotatable bonds is 2. The minimum Gasteiger partial charge on any atom is -0.369 e. The van der Waals surface area contributed by atoms with Gasteiger partial charge in [0.05, 0.1) is 11.4 Å². The number of aryl methyl sites for hydroxylation is 1. The first-order chi connectivity index (χ1) is 11.0. The maximum Gasteiger partial charge on any atom is 0.211 e. The van der Waals surface area contributed by atoms with E-state index < -0.39 is 0 Å². The Balaban J connectivity index is 2.06. The van der Waals surface area contributed by atoms with Gasteiger partial charge in [0.1, 0.15) is 0 Å². The summed E-state index contributed by atoms with van der Waals surface area (Å²) in [5.74, 6) is 0.0347. The number of nitrogens with zero attached hydrogens (tertiary/aromatic N) is 3. The molecule has 8 heteroatoms. The first-order valence-electron chi connectivity index (χ1n) is 7.10. The zero-order valence-electron chi connectivity index (χ0n) is 12.5. The topological polar surface area (TPSA) is 105 Å². The van der Waals surface area contributed by atoms with Crippen molar-refractivity contribution < 1.29 is 0 Å². The molecule has 0 amide bonds. The van der Waals surface area contributed by atoms with Gasteiger partial charge in [-0.2, -0.15) is 10.2 Å². The number of aromatic amines is 1. The molecule has 1 aliphatic rings. The highest BCUT2D eigenvalue weighted by atomic mass is 35.5. The molecule has 3 rings (SSSR count). The van der Waals surface area contributed by atoms with E-state index in [4.69, 9.17) is 34.7 Å². The van der Waals surface area contributed by atoms with Crippen LogP contribution in [0.1, 0.15) is 34.9 Å². The van der Waals surface area contributed by atoms with Crippen LogP contribution in [0.25, 0.3) is 0 Å². The van der Waals surface area contributed by atoms with E-state index >= 15 is 0 Å². The van der Waals surface area contributed by atoms with Crippen LogP contribution in [0.5, 0.6) is 0 Å². The van der Waals surface area contributed by atoms with Gasteiger partial charge in [-0.1, -0.05) is 23.2 Å². The number of fused-ring (bicyclic) bond motifs is 1. The molecule has 0 saturated carbocycles. The van der Waals surface area contributed by atoms with E-state index in [2.05, 4.69) is 20.4 Å². The van der Waals surface area contributed by atoms with Gasteiger partial charge in [0, 0.05) is 21.3 Å². The van der Waals surface area contributed by atoms with Gasteiger partial charge in [0.25, 0.3) is 0 Å². The maximum atomic E-state index is 6.34. The number of nitrogens with one attached hydrogen (secondary N) is 1. The SMILES string of the molecule is Cc1[nH]nc2c1/C(=N\N=C(N)N)CC(c1cc(Cl)ccc1Cl)C2. The third-order valence-corrected chi connectivity index (χ3v) is 4.45. The molecule has 1 heterocycles. The van der Waals surface area contributed by atoms with Gasteiger partial charge in [0.15, 0.2) is 0 Å². The zero-order valence-corrected chi connectivity index (χ0v) is 14.0. The Kier molecular flexibility index (Phi) is 4.28. The van der Waals surface area contributed by atoms with Gasteiger partial charge < -0.3 is 11.5 Å². The molecule has 0 spiro atoms. The fraction of sp³-hybridized carbons (Fsp3) is 0.267.